The van der Waals surface area contributed by atoms with Crippen LogP contribution in [0.1, 0.15) is 10.4 Å². The number of nitrogens with two attached hydrogens (primary N) is 2. The van der Waals surface area contributed by atoms with Crippen molar-refractivity contribution in [3.8, 4) is 0 Å². The van der Waals surface area contributed by atoms with Gasteiger partial charge in [0.2, 0.25) is 0 Å². The van der Waals surface area contributed by atoms with Crippen molar-refractivity contribution in [2.24, 2.45) is 16.5 Å². The summed E-state index contributed by atoms with van der Waals surface area (Å²) in [5, 5.41) is 0. The summed E-state index contributed by atoms with van der Waals surface area (Å²) in [4.78, 5) is 14.5. The largest absolute Gasteiger partial charge is 1.00 e. The fraction of sp³-hybridized carbons (Fsp3) is 0. The summed E-state index contributed by atoms with van der Waals surface area (Å²) in [6, 6.07) is 8.60. The van der Waals surface area contributed by atoms with E-state index in [9.17, 15) is 4.79 Å². The van der Waals surface area contributed by atoms with Gasteiger partial charge in [-0.1, -0.05) is 18.2 Å². The van der Waals surface area contributed by atoms with Crippen molar-refractivity contribution < 1.29 is 34.4 Å². The van der Waals surface area contributed by atoms with Gasteiger partial charge in [0.15, 0.2) is 5.96 Å². The fourth-order valence-electron chi connectivity index (χ4n) is 0.763. The molecule has 4 N–H and O–H groups in total. The Morgan fingerprint density at radius 2 is 1.69 bits per heavy atom. The number of carbonyl (C=O) groups excluding carboxylic acids is 1. The molecule has 5 heteroatoms. The van der Waals surface area contributed by atoms with Crippen LogP contribution in [0.3, 0.4) is 0 Å². The molecule has 0 aromatic heterocycles. The molecule has 0 unspecified atom stereocenters. The summed E-state index contributed by atoms with van der Waals surface area (Å²) in [5.41, 5.74) is 10.6. The molecule has 0 saturated carbocycles. The van der Waals surface area contributed by atoms with Crippen LogP contribution in [0, 0.1) is 0 Å². The Hall–Kier alpha value is -0.840. The van der Waals surface area contributed by atoms with Crippen LogP contribution in [-0.2, 0) is 0 Å². The average Bonchev–Trinajstić information content (AvgIpc) is 2.05. The van der Waals surface area contributed by atoms with E-state index in [1.54, 1.807) is 24.3 Å². The molecule has 13 heavy (non-hydrogen) atoms. The maximum absolute atomic E-state index is 11.1. The van der Waals surface area contributed by atoms with Crippen LogP contribution >= 0.6 is 0 Å². The van der Waals surface area contributed by atoms with Crippen LogP contribution in [-0.4, -0.2) is 11.9 Å². The Bertz CT molecular complexity index is 306. The molecule has 1 aromatic rings. The number of hydrogen-bond donors (Lipinski definition) is 2. The molecule has 0 bridgehead atoms. The van der Waals surface area contributed by atoms with Gasteiger partial charge in [-0.15, -0.1) is 0 Å². The molecule has 0 aliphatic carbocycles. The van der Waals surface area contributed by atoms with Crippen molar-refractivity contribution in [3.05, 3.63) is 35.9 Å². The van der Waals surface area contributed by atoms with Crippen molar-refractivity contribution >= 4 is 11.9 Å². The molecule has 0 aliphatic rings. The summed E-state index contributed by atoms with van der Waals surface area (Å²) in [6.45, 7) is 0. The third-order valence-electron chi connectivity index (χ3n) is 1.25. The molecule has 0 aliphatic heterocycles. The zero-order chi connectivity index (χ0) is 8.97. The van der Waals surface area contributed by atoms with Gasteiger partial charge in [0.25, 0.3) is 5.91 Å². The first-order valence-corrected chi connectivity index (χ1v) is 3.39. The smallest absolute Gasteiger partial charge is 0.370 e. The molecule has 4 nitrogen and oxygen atoms in total. The molecular formula is C8H9N3NaO+. The van der Waals surface area contributed by atoms with Crippen molar-refractivity contribution in [2.75, 3.05) is 0 Å². The van der Waals surface area contributed by atoms with Crippen molar-refractivity contribution in [1.29, 1.82) is 0 Å². The molecule has 0 spiro atoms. The Labute approximate surface area is 98.3 Å². The topological polar surface area (TPSA) is 81.5 Å². The molecule has 0 atom stereocenters. The van der Waals surface area contributed by atoms with Crippen LogP contribution in [0.5, 0.6) is 0 Å². The SMILES string of the molecule is NC(N)=NC(=O)c1ccccc1.[Na+]. The summed E-state index contributed by atoms with van der Waals surface area (Å²) < 4.78 is 0. The van der Waals surface area contributed by atoms with Gasteiger partial charge in [0.05, 0.1) is 0 Å². The van der Waals surface area contributed by atoms with Crippen molar-refractivity contribution in [1.82, 2.24) is 0 Å². The zero-order valence-electron chi connectivity index (χ0n) is 7.40. The Morgan fingerprint density at radius 1 is 1.15 bits per heavy atom. The third kappa shape index (κ3) is 4.07. The summed E-state index contributed by atoms with van der Waals surface area (Å²) >= 11 is 0. The Morgan fingerprint density at radius 3 is 2.15 bits per heavy atom. The number of hydrogen-bond acceptors (Lipinski definition) is 1. The van der Waals surface area contributed by atoms with E-state index in [-0.39, 0.29) is 35.5 Å². The quantitative estimate of drug-likeness (QED) is 0.280. The fourth-order valence-corrected chi connectivity index (χ4v) is 0.763. The number of aliphatic imine (C=N–C) groups is 1. The van der Waals surface area contributed by atoms with E-state index < -0.39 is 5.91 Å². The zero-order valence-corrected chi connectivity index (χ0v) is 9.40. The minimum absolute atomic E-state index is 0. The molecule has 1 rings (SSSR count). The number of nitrogens with zero attached hydrogens (tertiary/aromatic N) is 1. The van der Waals surface area contributed by atoms with Gasteiger partial charge < -0.3 is 11.5 Å². The maximum Gasteiger partial charge on any atom is 1.00 e. The predicted octanol–water partition coefficient (Wildman–Crippen LogP) is -2.90. The molecule has 0 fully saturated rings. The molecule has 0 radical (unpaired) electrons. The van der Waals surface area contributed by atoms with Gasteiger partial charge in [-0.05, 0) is 12.1 Å². The minimum atomic E-state index is -0.421. The predicted molar refractivity (Wildman–Crippen MR) is 46.6 cm³/mol. The first-order chi connectivity index (χ1) is 5.70. The number of benzene rings is 1. The van der Waals surface area contributed by atoms with E-state index in [0.717, 1.165) is 0 Å². The monoisotopic (exact) mass is 186 g/mol. The van der Waals surface area contributed by atoms with Crippen molar-refractivity contribution in [3.63, 3.8) is 0 Å². The Balaban J connectivity index is 0.00000144. The van der Waals surface area contributed by atoms with E-state index in [1.807, 2.05) is 6.07 Å². The summed E-state index contributed by atoms with van der Waals surface area (Å²) in [7, 11) is 0. The number of guanidine groups is 1. The maximum atomic E-state index is 11.1. The minimum Gasteiger partial charge on any atom is -0.370 e. The van der Waals surface area contributed by atoms with Crippen LogP contribution < -0.4 is 41.0 Å². The van der Waals surface area contributed by atoms with Gasteiger partial charge in [-0.3, -0.25) is 4.79 Å². The molecule has 0 heterocycles. The van der Waals surface area contributed by atoms with Crippen LogP contribution in [0.15, 0.2) is 35.3 Å². The number of rotatable bonds is 1. The average molecular weight is 186 g/mol. The van der Waals surface area contributed by atoms with Gasteiger partial charge in [-0.2, -0.15) is 4.99 Å². The van der Waals surface area contributed by atoms with Crippen LogP contribution in [0.2, 0.25) is 0 Å². The van der Waals surface area contributed by atoms with Crippen LogP contribution in [0.4, 0.5) is 0 Å². The first kappa shape index (κ1) is 12.2. The van der Waals surface area contributed by atoms with E-state index >= 15 is 0 Å². The number of amides is 1. The van der Waals surface area contributed by atoms with Gasteiger partial charge in [0, 0.05) is 5.56 Å². The second-order valence-electron chi connectivity index (χ2n) is 2.21. The standard InChI is InChI=1S/C8H9N3O.Na/c9-8(10)11-7(12)6-4-2-1-3-5-6;/h1-5H,(H4,9,10,11,12);/q;+1. The molecule has 1 amide bonds. The Kier molecular flexibility index (Phi) is 5.37. The van der Waals surface area contributed by atoms with Gasteiger partial charge >= 0.3 is 29.6 Å². The van der Waals surface area contributed by atoms with E-state index in [1.165, 1.54) is 0 Å². The normalized spacial score (nSPS) is 8.31. The second-order valence-corrected chi connectivity index (χ2v) is 2.21. The molecule has 1 aromatic carbocycles. The van der Waals surface area contributed by atoms with Gasteiger partial charge in [0.1, 0.15) is 0 Å². The number of carbonyl (C=O) groups is 1. The molecule has 62 valence electrons. The first-order valence-electron chi connectivity index (χ1n) is 3.39. The van der Waals surface area contributed by atoms with E-state index in [2.05, 4.69) is 4.99 Å². The molecular weight excluding hydrogens is 177 g/mol. The second kappa shape index (κ2) is 5.75. The van der Waals surface area contributed by atoms with E-state index in [4.69, 9.17) is 11.5 Å². The van der Waals surface area contributed by atoms with Crippen molar-refractivity contribution in [2.45, 2.75) is 0 Å². The summed E-state index contributed by atoms with van der Waals surface area (Å²) in [6.07, 6.45) is 0. The van der Waals surface area contributed by atoms with Gasteiger partial charge in [-0.25, -0.2) is 0 Å². The summed E-state index contributed by atoms with van der Waals surface area (Å²) in [5.74, 6) is -0.639. The van der Waals surface area contributed by atoms with Crippen LogP contribution in [0.25, 0.3) is 0 Å². The van der Waals surface area contributed by atoms with E-state index in [0.29, 0.717) is 5.56 Å². The molecule has 0 saturated heterocycles. The third-order valence-corrected chi connectivity index (χ3v) is 1.25.